The van der Waals surface area contributed by atoms with Crippen molar-refractivity contribution in [2.75, 3.05) is 5.73 Å². The number of nitrogens with zero attached hydrogens (tertiary/aromatic N) is 1. The molecule has 2 nitrogen and oxygen atoms in total. The molecule has 0 radical (unpaired) electrons. The molecule has 3 rings (SSSR count). The molecule has 0 aliphatic heterocycles. The first-order chi connectivity index (χ1) is 8.33. The van der Waals surface area contributed by atoms with Gasteiger partial charge in [0.05, 0.1) is 17.4 Å². The van der Waals surface area contributed by atoms with Crippen molar-refractivity contribution in [3.63, 3.8) is 0 Å². The van der Waals surface area contributed by atoms with Crippen molar-refractivity contribution in [2.45, 2.75) is 0 Å². The number of anilines is 1. The minimum absolute atomic E-state index is 0.699. The Morgan fingerprint density at radius 2 is 1.65 bits per heavy atom. The van der Waals surface area contributed by atoms with E-state index in [1.807, 2.05) is 24.3 Å². The highest BCUT2D eigenvalue weighted by Gasteiger charge is 2.00. The maximum atomic E-state index is 5.71. The minimum atomic E-state index is 0.699. The van der Waals surface area contributed by atoms with Crippen LogP contribution in [0.1, 0.15) is 0 Å². The number of hydrogen-bond donors (Lipinski definition) is 1. The zero-order chi connectivity index (χ0) is 11.7. The van der Waals surface area contributed by atoms with Gasteiger partial charge in [0, 0.05) is 5.39 Å². The molecule has 0 atom stereocenters. The van der Waals surface area contributed by atoms with Gasteiger partial charge >= 0.3 is 0 Å². The summed E-state index contributed by atoms with van der Waals surface area (Å²) in [4.78, 5) is 4.34. The second-order valence-electron chi connectivity index (χ2n) is 4.04. The van der Waals surface area contributed by atoms with Crippen LogP contribution in [0.2, 0.25) is 0 Å². The third kappa shape index (κ3) is 1.85. The maximum Gasteiger partial charge on any atom is 0.0709 e. The van der Waals surface area contributed by atoms with E-state index in [0.29, 0.717) is 5.69 Å². The van der Waals surface area contributed by atoms with Gasteiger partial charge in [-0.3, -0.25) is 4.98 Å². The molecule has 1 aromatic heterocycles. The molecule has 82 valence electrons. The third-order valence-corrected chi connectivity index (χ3v) is 2.81. The number of benzene rings is 2. The topological polar surface area (TPSA) is 38.9 Å². The van der Waals surface area contributed by atoms with Crippen LogP contribution in [0.4, 0.5) is 5.69 Å². The van der Waals surface area contributed by atoms with E-state index in [-0.39, 0.29) is 0 Å². The molecule has 0 spiro atoms. The molecule has 3 aromatic rings. The molecule has 0 unspecified atom stereocenters. The van der Waals surface area contributed by atoms with Crippen LogP contribution in [0.3, 0.4) is 0 Å². The highest BCUT2D eigenvalue weighted by atomic mass is 14.7. The Morgan fingerprint density at radius 3 is 2.47 bits per heavy atom. The predicted molar refractivity (Wildman–Crippen MR) is 71.6 cm³/mol. The van der Waals surface area contributed by atoms with E-state index in [4.69, 9.17) is 5.73 Å². The van der Waals surface area contributed by atoms with Crippen LogP contribution >= 0.6 is 0 Å². The molecule has 0 saturated heterocycles. The van der Waals surface area contributed by atoms with Gasteiger partial charge in [0.25, 0.3) is 0 Å². The Bertz CT molecular complexity index is 660. The van der Waals surface area contributed by atoms with Gasteiger partial charge in [-0.05, 0) is 23.3 Å². The van der Waals surface area contributed by atoms with Gasteiger partial charge in [0.1, 0.15) is 0 Å². The quantitative estimate of drug-likeness (QED) is 0.681. The van der Waals surface area contributed by atoms with Crippen LogP contribution in [0.25, 0.3) is 22.0 Å². The lowest BCUT2D eigenvalue weighted by Gasteiger charge is -2.04. The van der Waals surface area contributed by atoms with Crippen LogP contribution in [0.5, 0.6) is 0 Å². The molecule has 0 fully saturated rings. The van der Waals surface area contributed by atoms with E-state index in [1.54, 1.807) is 6.20 Å². The molecule has 2 aromatic carbocycles. The maximum absolute atomic E-state index is 5.71. The summed E-state index contributed by atoms with van der Waals surface area (Å²) in [6.45, 7) is 0. The van der Waals surface area contributed by atoms with Crippen molar-refractivity contribution in [1.29, 1.82) is 0 Å². The van der Waals surface area contributed by atoms with Crippen LogP contribution in [0.15, 0.2) is 60.8 Å². The monoisotopic (exact) mass is 220 g/mol. The summed E-state index contributed by atoms with van der Waals surface area (Å²) < 4.78 is 0. The standard InChI is InChI=1S/C15H12N2/c16-14-8-13-7-6-12(9-15(13)17-10-14)11-4-2-1-3-5-11/h1-10H,16H2. The van der Waals surface area contributed by atoms with E-state index >= 15 is 0 Å². The molecule has 0 bridgehead atoms. The molecule has 1 heterocycles. The van der Waals surface area contributed by atoms with E-state index in [1.165, 1.54) is 11.1 Å². The van der Waals surface area contributed by atoms with Crippen molar-refractivity contribution < 1.29 is 0 Å². The molecular formula is C15H12N2. The Kier molecular flexibility index (Phi) is 2.26. The van der Waals surface area contributed by atoms with Crippen molar-refractivity contribution in [1.82, 2.24) is 4.98 Å². The van der Waals surface area contributed by atoms with Gasteiger partial charge in [0.15, 0.2) is 0 Å². The Morgan fingerprint density at radius 1 is 0.824 bits per heavy atom. The van der Waals surface area contributed by atoms with Gasteiger partial charge < -0.3 is 5.73 Å². The zero-order valence-corrected chi connectivity index (χ0v) is 9.30. The highest BCUT2D eigenvalue weighted by Crippen LogP contribution is 2.23. The fourth-order valence-corrected chi connectivity index (χ4v) is 1.95. The Labute approximate surface area is 99.7 Å². The largest absolute Gasteiger partial charge is 0.397 e. The average molecular weight is 220 g/mol. The summed E-state index contributed by atoms with van der Waals surface area (Å²) in [6, 6.07) is 18.5. The smallest absolute Gasteiger partial charge is 0.0709 e. The number of rotatable bonds is 1. The van der Waals surface area contributed by atoms with E-state index in [2.05, 4.69) is 35.3 Å². The molecule has 0 saturated carbocycles. The zero-order valence-electron chi connectivity index (χ0n) is 9.30. The summed E-state index contributed by atoms with van der Waals surface area (Å²) in [6.07, 6.45) is 1.69. The fraction of sp³-hybridized carbons (Fsp3) is 0. The molecule has 2 N–H and O–H groups in total. The summed E-state index contributed by atoms with van der Waals surface area (Å²) in [5.74, 6) is 0. The minimum Gasteiger partial charge on any atom is -0.397 e. The number of hydrogen-bond acceptors (Lipinski definition) is 2. The third-order valence-electron chi connectivity index (χ3n) is 2.81. The van der Waals surface area contributed by atoms with Gasteiger partial charge in [0.2, 0.25) is 0 Å². The van der Waals surface area contributed by atoms with Gasteiger partial charge in [-0.15, -0.1) is 0 Å². The lowest BCUT2D eigenvalue weighted by atomic mass is 10.0. The Hall–Kier alpha value is -2.35. The normalized spacial score (nSPS) is 10.6. The molecule has 0 aliphatic rings. The summed E-state index contributed by atoms with van der Waals surface area (Å²) in [5.41, 5.74) is 9.76. The number of aromatic nitrogens is 1. The number of nitrogen functional groups attached to an aromatic ring is 1. The molecular weight excluding hydrogens is 208 g/mol. The van der Waals surface area contributed by atoms with Crippen molar-refractivity contribution in [2.24, 2.45) is 0 Å². The van der Waals surface area contributed by atoms with Crippen molar-refractivity contribution in [3.8, 4) is 11.1 Å². The molecule has 0 aliphatic carbocycles. The molecule has 0 amide bonds. The van der Waals surface area contributed by atoms with Crippen LogP contribution in [0, 0.1) is 0 Å². The fourth-order valence-electron chi connectivity index (χ4n) is 1.95. The van der Waals surface area contributed by atoms with Crippen LogP contribution in [-0.2, 0) is 0 Å². The summed E-state index contributed by atoms with van der Waals surface area (Å²) in [7, 11) is 0. The Balaban J connectivity index is 2.17. The lowest BCUT2D eigenvalue weighted by Crippen LogP contribution is -1.87. The lowest BCUT2D eigenvalue weighted by molar-refractivity contribution is 1.41. The average Bonchev–Trinajstić information content (AvgIpc) is 2.39. The molecule has 2 heteroatoms. The van der Waals surface area contributed by atoms with Gasteiger partial charge in [-0.25, -0.2) is 0 Å². The van der Waals surface area contributed by atoms with E-state index in [9.17, 15) is 0 Å². The second-order valence-corrected chi connectivity index (χ2v) is 4.04. The number of pyridine rings is 1. The van der Waals surface area contributed by atoms with E-state index < -0.39 is 0 Å². The van der Waals surface area contributed by atoms with Crippen LogP contribution in [-0.4, -0.2) is 4.98 Å². The SMILES string of the molecule is Nc1cnc2cc(-c3ccccc3)ccc2c1. The predicted octanol–water partition coefficient (Wildman–Crippen LogP) is 3.48. The van der Waals surface area contributed by atoms with Gasteiger partial charge in [-0.1, -0.05) is 42.5 Å². The van der Waals surface area contributed by atoms with Crippen molar-refractivity contribution >= 4 is 16.6 Å². The highest BCUT2D eigenvalue weighted by molar-refractivity contribution is 5.85. The summed E-state index contributed by atoms with van der Waals surface area (Å²) >= 11 is 0. The second kappa shape index (κ2) is 3.91. The first-order valence-electron chi connectivity index (χ1n) is 5.54. The first-order valence-corrected chi connectivity index (χ1v) is 5.54. The molecule has 17 heavy (non-hydrogen) atoms. The van der Waals surface area contributed by atoms with E-state index in [0.717, 1.165) is 10.9 Å². The van der Waals surface area contributed by atoms with Crippen molar-refractivity contribution in [3.05, 3.63) is 60.8 Å². The number of fused-ring (bicyclic) bond motifs is 1. The summed E-state index contributed by atoms with van der Waals surface area (Å²) in [5, 5.41) is 1.07. The van der Waals surface area contributed by atoms with Gasteiger partial charge in [-0.2, -0.15) is 0 Å². The van der Waals surface area contributed by atoms with Crippen LogP contribution < -0.4 is 5.73 Å². The first kappa shape index (κ1) is 9.85. The number of nitrogens with two attached hydrogens (primary N) is 1.